The van der Waals surface area contributed by atoms with E-state index in [2.05, 4.69) is 53.4 Å². The normalized spacial score (nSPS) is 14.7. The second kappa shape index (κ2) is 8.97. The molecule has 6 heteroatoms. The Morgan fingerprint density at radius 2 is 1.50 bits per heavy atom. The first-order valence-electron chi connectivity index (χ1n) is 9.97. The standard InChI is InChI=1S/C24H24N2O4/c1-29-22-17-30-21(16-20(22)27)24(28)26-14-12-25(13-15-26)23(18-8-4-2-5-9-18)19-10-6-3-7-11-19/h2-11,16-17,23H,12-15H2,1H3. The van der Waals surface area contributed by atoms with E-state index in [0.29, 0.717) is 13.1 Å². The fourth-order valence-electron chi connectivity index (χ4n) is 3.88. The van der Waals surface area contributed by atoms with Crippen molar-refractivity contribution in [1.82, 2.24) is 9.80 Å². The number of benzene rings is 2. The second-order valence-corrected chi connectivity index (χ2v) is 7.23. The molecular formula is C24H24N2O4. The molecule has 1 aromatic heterocycles. The highest BCUT2D eigenvalue weighted by Gasteiger charge is 2.29. The predicted octanol–water partition coefficient (Wildman–Crippen LogP) is 3.20. The molecule has 1 aliphatic heterocycles. The first kappa shape index (κ1) is 19.9. The number of ether oxygens (including phenoxy) is 1. The summed E-state index contributed by atoms with van der Waals surface area (Å²) in [5, 5.41) is 0. The van der Waals surface area contributed by atoms with Crippen molar-refractivity contribution in [3.63, 3.8) is 0 Å². The van der Waals surface area contributed by atoms with Crippen molar-refractivity contribution in [2.45, 2.75) is 6.04 Å². The molecule has 0 radical (unpaired) electrons. The number of carbonyl (C=O) groups is 1. The van der Waals surface area contributed by atoms with Gasteiger partial charge in [0.25, 0.3) is 5.91 Å². The fraction of sp³-hybridized carbons (Fsp3) is 0.250. The molecule has 6 nitrogen and oxygen atoms in total. The lowest BCUT2D eigenvalue weighted by Gasteiger charge is -2.39. The van der Waals surface area contributed by atoms with Gasteiger partial charge in [0.1, 0.15) is 6.26 Å². The average molecular weight is 404 g/mol. The van der Waals surface area contributed by atoms with Crippen molar-refractivity contribution >= 4 is 5.91 Å². The fourth-order valence-corrected chi connectivity index (χ4v) is 3.88. The van der Waals surface area contributed by atoms with Crippen LogP contribution in [0.25, 0.3) is 0 Å². The van der Waals surface area contributed by atoms with E-state index >= 15 is 0 Å². The summed E-state index contributed by atoms with van der Waals surface area (Å²) in [4.78, 5) is 28.9. The second-order valence-electron chi connectivity index (χ2n) is 7.23. The van der Waals surface area contributed by atoms with Gasteiger partial charge in [-0.05, 0) is 11.1 Å². The SMILES string of the molecule is COc1coc(C(=O)N2CCN(C(c3ccccc3)c3ccccc3)CC2)cc1=O. The molecule has 2 aromatic carbocycles. The van der Waals surface area contributed by atoms with Crippen molar-refractivity contribution in [2.24, 2.45) is 0 Å². The molecule has 0 spiro atoms. The summed E-state index contributed by atoms with van der Waals surface area (Å²) >= 11 is 0. The number of piperazine rings is 1. The molecule has 0 aliphatic carbocycles. The molecule has 0 atom stereocenters. The Labute approximate surface area is 175 Å². The molecule has 30 heavy (non-hydrogen) atoms. The van der Waals surface area contributed by atoms with Gasteiger partial charge in [0.05, 0.1) is 13.2 Å². The van der Waals surface area contributed by atoms with Gasteiger partial charge in [0, 0.05) is 32.2 Å². The number of hydrogen-bond acceptors (Lipinski definition) is 5. The van der Waals surface area contributed by atoms with Gasteiger partial charge in [-0.1, -0.05) is 60.7 Å². The largest absolute Gasteiger partial charge is 0.490 e. The zero-order valence-corrected chi connectivity index (χ0v) is 16.9. The maximum absolute atomic E-state index is 12.8. The first-order valence-corrected chi connectivity index (χ1v) is 9.97. The summed E-state index contributed by atoms with van der Waals surface area (Å²) in [6.07, 6.45) is 1.19. The van der Waals surface area contributed by atoms with E-state index in [9.17, 15) is 9.59 Å². The Bertz CT molecular complexity index is 1000. The van der Waals surface area contributed by atoms with Crippen LogP contribution in [0.3, 0.4) is 0 Å². The quantitative estimate of drug-likeness (QED) is 0.654. The van der Waals surface area contributed by atoms with Gasteiger partial charge < -0.3 is 14.1 Å². The van der Waals surface area contributed by atoms with E-state index in [4.69, 9.17) is 9.15 Å². The molecule has 4 rings (SSSR count). The Morgan fingerprint density at radius 1 is 0.933 bits per heavy atom. The molecule has 154 valence electrons. The van der Waals surface area contributed by atoms with Crippen molar-refractivity contribution in [3.8, 4) is 5.75 Å². The van der Waals surface area contributed by atoms with Gasteiger partial charge in [-0.25, -0.2) is 0 Å². The zero-order chi connectivity index (χ0) is 20.9. The van der Waals surface area contributed by atoms with Crippen molar-refractivity contribution in [1.29, 1.82) is 0 Å². The highest BCUT2D eigenvalue weighted by Crippen LogP contribution is 2.29. The van der Waals surface area contributed by atoms with Gasteiger partial charge in [-0.2, -0.15) is 0 Å². The van der Waals surface area contributed by atoms with Gasteiger partial charge in [0.2, 0.25) is 11.2 Å². The molecule has 1 amide bonds. The minimum Gasteiger partial charge on any atom is -0.490 e. The Balaban J connectivity index is 1.50. The van der Waals surface area contributed by atoms with Crippen LogP contribution in [-0.2, 0) is 0 Å². The van der Waals surface area contributed by atoms with Crippen LogP contribution in [0.2, 0.25) is 0 Å². The maximum atomic E-state index is 12.8. The number of hydrogen-bond donors (Lipinski definition) is 0. The molecule has 3 aromatic rings. The van der Waals surface area contributed by atoms with Crippen LogP contribution >= 0.6 is 0 Å². The summed E-state index contributed by atoms with van der Waals surface area (Å²) in [5.74, 6) is -0.146. The average Bonchev–Trinajstić information content (AvgIpc) is 2.81. The summed E-state index contributed by atoms with van der Waals surface area (Å²) in [6.45, 7) is 2.57. The number of amides is 1. The van der Waals surface area contributed by atoms with Crippen LogP contribution in [0.4, 0.5) is 0 Å². The van der Waals surface area contributed by atoms with Gasteiger partial charge in [-0.15, -0.1) is 0 Å². The Kier molecular flexibility index (Phi) is 5.95. The van der Waals surface area contributed by atoms with Crippen LogP contribution in [0.1, 0.15) is 27.7 Å². The number of methoxy groups -OCH3 is 1. The van der Waals surface area contributed by atoms with Crippen molar-refractivity contribution in [2.75, 3.05) is 33.3 Å². The highest BCUT2D eigenvalue weighted by atomic mass is 16.5. The van der Waals surface area contributed by atoms with E-state index in [-0.39, 0.29) is 28.9 Å². The van der Waals surface area contributed by atoms with E-state index in [1.807, 2.05) is 12.1 Å². The molecule has 1 fully saturated rings. The minimum atomic E-state index is -0.362. The molecule has 1 saturated heterocycles. The molecule has 0 N–H and O–H groups in total. The summed E-state index contributed by atoms with van der Waals surface area (Å²) in [7, 11) is 1.39. The van der Waals surface area contributed by atoms with E-state index < -0.39 is 0 Å². The number of rotatable bonds is 5. The first-order chi connectivity index (χ1) is 14.7. The molecule has 0 unspecified atom stereocenters. The molecule has 0 saturated carbocycles. The van der Waals surface area contributed by atoms with Crippen LogP contribution in [-0.4, -0.2) is 49.0 Å². The topological polar surface area (TPSA) is 63.0 Å². The Hall–Kier alpha value is -3.38. The van der Waals surface area contributed by atoms with Crippen molar-refractivity contribution < 1.29 is 13.9 Å². The third-order valence-corrected chi connectivity index (χ3v) is 5.43. The molecule has 2 heterocycles. The van der Waals surface area contributed by atoms with Crippen LogP contribution < -0.4 is 10.2 Å². The van der Waals surface area contributed by atoms with Crippen molar-refractivity contribution in [3.05, 3.63) is 100 Å². The smallest absolute Gasteiger partial charge is 0.289 e. The summed E-state index contributed by atoms with van der Waals surface area (Å²) in [5.41, 5.74) is 2.09. The van der Waals surface area contributed by atoms with Gasteiger partial charge >= 0.3 is 0 Å². The third-order valence-electron chi connectivity index (χ3n) is 5.43. The third kappa shape index (κ3) is 4.14. The van der Waals surface area contributed by atoms with E-state index in [1.54, 1.807) is 4.90 Å². The lowest BCUT2D eigenvalue weighted by Crippen LogP contribution is -2.50. The number of nitrogens with zero attached hydrogens (tertiary/aromatic N) is 2. The predicted molar refractivity (Wildman–Crippen MR) is 114 cm³/mol. The van der Waals surface area contributed by atoms with Gasteiger partial charge in [-0.3, -0.25) is 14.5 Å². The summed E-state index contributed by atoms with van der Waals surface area (Å²) in [6, 6.07) is 22.1. The maximum Gasteiger partial charge on any atom is 0.289 e. The van der Waals surface area contributed by atoms with Gasteiger partial charge in [0.15, 0.2) is 5.76 Å². The van der Waals surface area contributed by atoms with E-state index in [1.165, 1.54) is 30.6 Å². The molecule has 0 bridgehead atoms. The van der Waals surface area contributed by atoms with Crippen LogP contribution in [0, 0.1) is 0 Å². The lowest BCUT2D eigenvalue weighted by atomic mass is 9.96. The zero-order valence-electron chi connectivity index (χ0n) is 16.9. The molecule has 1 aliphatic rings. The number of carbonyl (C=O) groups excluding carboxylic acids is 1. The summed E-state index contributed by atoms with van der Waals surface area (Å²) < 4.78 is 10.2. The minimum absolute atomic E-state index is 0.0388. The van der Waals surface area contributed by atoms with Crippen LogP contribution in [0.15, 0.2) is 82.2 Å². The Morgan fingerprint density at radius 3 is 2.00 bits per heavy atom. The molecular weight excluding hydrogens is 380 g/mol. The van der Waals surface area contributed by atoms with Crippen LogP contribution in [0.5, 0.6) is 5.75 Å². The van der Waals surface area contributed by atoms with E-state index in [0.717, 1.165) is 13.1 Å². The highest BCUT2D eigenvalue weighted by molar-refractivity contribution is 5.91. The lowest BCUT2D eigenvalue weighted by molar-refractivity contribution is 0.0564. The monoisotopic (exact) mass is 404 g/mol.